The van der Waals surface area contributed by atoms with Crippen molar-refractivity contribution in [1.82, 2.24) is 0 Å². The van der Waals surface area contributed by atoms with Gasteiger partial charge in [0.05, 0.1) is 12.2 Å². The van der Waals surface area contributed by atoms with Crippen LogP contribution in [0, 0.1) is 17.2 Å². The van der Waals surface area contributed by atoms with E-state index in [0.717, 1.165) is 24.8 Å². The monoisotopic (exact) mass is 370 g/mol. The van der Waals surface area contributed by atoms with E-state index in [0.29, 0.717) is 34.6 Å². The zero-order chi connectivity index (χ0) is 18.5. The topological polar surface area (TPSA) is 71.3 Å². The standard InChI is InChI=1S/C20H22N2O3S/c1-3-24-16-6-4-5-7-17(16)25-12-19(23)22-20-15(11-21)14-9-8-13(2)10-18(14)26-20/h4-7,13H,3,8-10,12H2,1-2H3,(H,22,23)/t13-/m0/s1. The average molecular weight is 370 g/mol. The van der Waals surface area contributed by atoms with Gasteiger partial charge >= 0.3 is 0 Å². The summed E-state index contributed by atoms with van der Waals surface area (Å²) in [6.45, 7) is 4.51. The number of rotatable bonds is 6. The van der Waals surface area contributed by atoms with Crippen LogP contribution in [0.25, 0.3) is 0 Å². The maximum absolute atomic E-state index is 12.3. The Morgan fingerprint density at radius 1 is 1.35 bits per heavy atom. The number of hydrogen-bond acceptors (Lipinski definition) is 5. The first-order chi connectivity index (χ1) is 12.6. The fourth-order valence-corrected chi connectivity index (χ4v) is 4.48. The number of thiophene rings is 1. The van der Waals surface area contributed by atoms with Crippen molar-refractivity contribution in [2.24, 2.45) is 5.92 Å². The number of benzene rings is 1. The number of ether oxygens (including phenoxy) is 2. The van der Waals surface area contributed by atoms with Crippen molar-refractivity contribution >= 4 is 22.2 Å². The van der Waals surface area contributed by atoms with E-state index in [1.807, 2.05) is 19.1 Å². The number of nitriles is 1. The van der Waals surface area contributed by atoms with Gasteiger partial charge in [0.15, 0.2) is 18.1 Å². The Labute approximate surface area is 157 Å². The predicted molar refractivity (Wildman–Crippen MR) is 102 cm³/mol. The van der Waals surface area contributed by atoms with Gasteiger partial charge in [0.2, 0.25) is 0 Å². The number of anilines is 1. The molecule has 1 amide bonds. The van der Waals surface area contributed by atoms with Gasteiger partial charge in [-0.1, -0.05) is 19.1 Å². The highest BCUT2D eigenvalue weighted by Crippen LogP contribution is 2.39. The van der Waals surface area contributed by atoms with Gasteiger partial charge in [-0.05, 0) is 49.8 Å². The zero-order valence-corrected chi connectivity index (χ0v) is 15.8. The van der Waals surface area contributed by atoms with Crippen molar-refractivity contribution in [2.45, 2.75) is 33.1 Å². The summed E-state index contributed by atoms with van der Waals surface area (Å²) < 4.78 is 11.1. The van der Waals surface area contributed by atoms with Crippen molar-refractivity contribution in [1.29, 1.82) is 5.26 Å². The molecule has 1 N–H and O–H groups in total. The first-order valence-electron chi connectivity index (χ1n) is 8.81. The fourth-order valence-electron chi connectivity index (χ4n) is 3.11. The minimum absolute atomic E-state index is 0.131. The van der Waals surface area contributed by atoms with Crippen LogP contribution in [0.1, 0.15) is 36.3 Å². The number of carbonyl (C=O) groups is 1. The number of fused-ring (bicyclic) bond motifs is 1. The van der Waals surface area contributed by atoms with Crippen molar-refractivity contribution in [3.63, 3.8) is 0 Å². The van der Waals surface area contributed by atoms with E-state index in [1.54, 1.807) is 12.1 Å². The second-order valence-electron chi connectivity index (χ2n) is 6.38. The van der Waals surface area contributed by atoms with E-state index < -0.39 is 0 Å². The summed E-state index contributed by atoms with van der Waals surface area (Å²) in [5.41, 5.74) is 1.72. The van der Waals surface area contributed by atoms with Gasteiger partial charge in [-0.15, -0.1) is 11.3 Å². The van der Waals surface area contributed by atoms with Gasteiger partial charge in [-0.25, -0.2) is 0 Å². The molecule has 0 saturated carbocycles. The highest BCUT2D eigenvalue weighted by atomic mass is 32.1. The molecule has 1 atom stereocenters. The minimum atomic E-state index is -0.278. The third kappa shape index (κ3) is 4.00. The van der Waals surface area contributed by atoms with Crippen molar-refractivity contribution in [3.8, 4) is 17.6 Å². The van der Waals surface area contributed by atoms with Gasteiger partial charge in [0.1, 0.15) is 11.1 Å². The van der Waals surface area contributed by atoms with Crippen LogP contribution in [0.3, 0.4) is 0 Å². The molecule has 0 radical (unpaired) electrons. The molecule has 136 valence electrons. The summed E-state index contributed by atoms with van der Waals surface area (Å²) >= 11 is 1.52. The van der Waals surface area contributed by atoms with E-state index in [4.69, 9.17) is 9.47 Å². The third-order valence-corrected chi connectivity index (χ3v) is 5.55. The van der Waals surface area contributed by atoms with Crippen LogP contribution in [0.5, 0.6) is 11.5 Å². The molecule has 5 nitrogen and oxygen atoms in total. The summed E-state index contributed by atoms with van der Waals surface area (Å²) in [6, 6.07) is 9.52. The fraction of sp³-hybridized carbons (Fsp3) is 0.400. The van der Waals surface area contributed by atoms with Crippen LogP contribution in [0.4, 0.5) is 5.00 Å². The normalized spacial score (nSPS) is 15.7. The third-order valence-electron chi connectivity index (χ3n) is 4.38. The minimum Gasteiger partial charge on any atom is -0.490 e. The SMILES string of the molecule is CCOc1ccccc1OCC(=O)Nc1sc2c(c1C#N)CC[C@H](C)C2. The Morgan fingerprint density at radius 3 is 2.77 bits per heavy atom. The Bertz CT molecular complexity index is 838. The Hall–Kier alpha value is -2.52. The molecule has 0 bridgehead atoms. The summed E-state index contributed by atoms with van der Waals surface area (Å²) in [4.78, 5) is 13.5. The van der Waals surface area contributed by atoms with Crippen LogP contribution in [-0.4, -0.2) is 19.1 Å². The quantitative estimate of drug-likeness (QED) is 0.829. The molecule has 1 aliphatic rings. The van der Waals surface area contributed by atoms with Crippen LogP contribution >= 0.6 is 11.3 Å². The number of nitrogens with one attached hydrogen (secondary N) is 1. The van der Waals surface area contributed by atoms with Crippen molar-refractivity contribution in [3.05, 3.63) is 40.3 Å². The molecule has 6 heteroatoms. The van der Waals surface area contributed by atoms with E-state index in [2.05, 4.69) is 18.3 Å². The Morgan fingerprint density at radius 2 is 2.08 bits per heavy atom. The Kier molecular flexibility index (Phi) is 5.79. The molecule has 1 aliphatic carbocycles. The number of para-hydroxylation sites is 2. The molecule has 26 heavy (non-hydrogen) atoms. The van der Waals surface area contributed by atoms with Crippen LogP contribution in [0.2, 0.25) is 0 Å². The zero-order valence-electron chi connectivity index (χ0n) is 15.0. The van der Waals surface area contributed by atoms with Gasteiger partial charge in [0.25, 0.3) is 5.91 Å². The molecule has 0 aliphatic heterocycles. The molecule has 1 aromatic carbocycles. The molecule has 1 heterocycles. The van der Waals surface area contributed by atoms with Crippen LogP contribution in [-0.2, 0) is 17.6 Å². The van der Waals surface area contributed by atoms with Gasteiger partial charge in [-0.2, -0.15) is 5.26 Å². The van der Waals surface area contributed by atoms with E-state index in [-0.39, 0.29) is 12.5 Å². The molecular weight excluding hydrogens is 348 g/mol. The molecule has 2 aromatic rings. The molecule has 0 unspecified atom stereocenters. The number of amides is 1. The lowest BCUT2D eigenvalue weighted by Crippen LogP contribution is -2.20. The van der Waals surface area contributed by atoms with E-state index in [1.165, 1.54) is 16.2 Å². The highest BCUT2D eigenvalue weighted by Gasteiger charge is 2.24. The Balaban J connectivity index is 1.67. The predicted octanol–water partition coefficient (Wildman–Crippen LogP) is 4.16. The lowest BCUT2D eigenvalue weighted by Gasteiger charge is -2.17. The van der Waals surface area contributed by atoms with Gasteiger partial charge in [0, 0.05) is 4.88 Å². The molecule has 0 saturated heterocycles. The second kappa shape index (κ2) is 8.24. The molecule has 1 aromatic heterocycles. The molecular formula is C20H22N2O3S. The largest absolute Gasteiger partial charge is 0.490 e. The van der Waals surface area contributed by atoms with Gasteiger partial charge in [-0.3, -0.25) is 4.79 Å². The number of carbonyl (C=O) groups excluding carboxylic acids is 1. The first kappa shape index (κ1) is 18.3. The average Bonchev–Trinajstić information content (AvgIpc) is 2.97. The maximum Gasteiger partial charge on any atom is 0.262 e. The lowest BCUT2D eigenvalue weighted by atomic mass is 9.89. The van der Waals surface area contributed by atoms with Crippen molar-refractivity contribution in [2.75, 3.05) is 18.5 Å². The molecule has 0 fully saturated rings. The number of hydrogen-bond donors (Lipinski definition) is 1. The highest BCUT2D eigenvalue weighted by molar-refractivity contribution is 7.16. The van der Waals surface area contributed by atoms with E-state index in [9.17, 15) is 10.1 Å². The maximum atomic E-state index is 12.3. The van der Waals surface area contributed by atoms with Crippen LogP contribution in [0.15, 0.2) is 24.3 Å². The molecule has 0 spiro atoms. The van der Waals surface area contributed by atoms with Crippen LogP contribution < -0.4 is 14.8 Å². The lowest BCUT2D eigenvalue weighted by molar-refractivity contribution is -0.118. The van der Waals surface area contributed by atoms with E-state index >= 15 is 0 Å². The summed E-state index contributed by atoms with van der Waals surface area (Å²) in [6.07, 6.45) is 2.97. The number of nitrogens with zero attached hydrogens (tertiary/aromatic N) is 1. The summed E-state index contributed by atoms with van der Waals surface area (Å²) in [5.74, 6) is 1.49. The summed E-state index contributed by atoms with van der Waals surface area (Å²) in [7, 11) is 0. The second-order valence-corrected chi connectivity index (χ2v) is 7.49. The smallest absolute Gasteiger partial charge is 0.262 e. The van der Waals surface area contributed by atoms with Crippen molar-refractivity contribution < 1.29 is 14.3 Å². The first-order valence-corrected chi connectivity index (χ1v) is 9.63. The van der Waals surface area contributed by atoms with Gasteiger partial charge < -0.3 is 14.8 Å². The molecule has 3 rings (SSSR count). The summed E-state index contributed by atoms with van der Waals surface area (Å²) in [5, 5.41) is 13.0.